The Balaban J connectivity index is 1.61. The number of hydrogen-bond acceptors (Lipinski definition) is 15. The highest BCUT2D eigenvalue weighted by Crippen LogP contribution is 2.56. The van der Waals surface area contributed by atoms with Crippen LogP contribution in [0.25, 0.3) is 11.1 Å². The number of Topliss-reactive ketones (excluding diaryl/α,β-unsaturated/α-hetero) is 4. The van der Waals surface area contributed by atoms with Crippen molar-refractivity contribution in [2.24, 2.45) is 17.8 Å². The van der Waals surface area contributed by atoms with E-state index in [2.05, 4.69) is 0 Å². The van der Waals surface area contributed by atoms with Crippen LogP contribution in [-0.4, -0.2) is 94.0 Å². The normalized spacial score (nSPS) is 30.0. The number of aryl methyl sites for hydroxylation is 1. The standard InChI is InChI=1S/C34H32O15/c1-12-11-19-23(28(42)24-17(37)8-9-20(39)33(24,48-19)31(43)45-4)26(40)21(12)15-6-7-16(36)22-27(41)25-18(38)10-13(2)30(47-14(3)35)34(25,32(44)46-5)49-29(15)22/h6-7,11,13,20,24-25,30,36,39-40H,8-10H2,1-5H3/t13-,20-,24+,25+,30+,33+,34+/m1/s1. The Morgan fingerprint density at radius 2 is 1.49 bits per heavy atom. The number of ether oxygens (including phenoxy) is 5. The molecule has 0 saturated heterocycles. The predicted molar refractivity (Wildman–Crippen MR) is 161 cm³/mol. The summed E-state index contributed by atoms with van der Waals surface area (Å²) >= 11 is 0. The van der Waals surface area contributed by atoms with Crippen LogP contribution in [0.3, 0.4) is 0 Å². The molecular formula is C34H32O15. The number of phenols is 2. The lowest BCUT2D eigenvalue weighted by Crippen LogP contribution is -2.70. The summed E-state index contributed by atoms with van der Waals surface area (Å²) in [4.78, 5) is 93.8. The van der Waals surface area contributed by atoms with Gasteiger partial charge in [-0.2, -0.15) is 0 Å². The Morgan fingerprint density at radius 3 is 2.12 bits per heavy atom. The van der Waals surface area contributed by atoms with Crippen LogP contribution < -0.4 is 9.47 Å². The Labute approximate surface area is 278 Å². The van der Waals surface area contributed by atoms with Gasteiger partial charge in [0.2, 0.25) is 5.60 Å². The first-order valence-electron chi connectivity index (χ1n) is 15.3. The molecule has 2 saturated carbocycles. The van der Waals surface area contributed by atoms with Gasteiger partial charge in [0, 0.05) is 36.8 Å². The van der Waals surface area contributed by atoms with Crippen LogP contribution in [0, 0.1) is 24.7 Å². The van der Waals surface area contributed by atoms with Gasteiger partial charge in [0.05, 0.1) is 14.2 Å². The van der Waals surface area contributed by atoms with Crippen molar-refractivity contribution in [1.82, 2.24) is 0 Å². The Morgan fingerprint density at radius 1 is 0.878 bits per heavy atom. The van der Waals surface area contributed by atoms with E-state index < -0.39 is 111 Å². The maximum atomic E-state index is 14.2. The third kappa shape index (κ3) is 4.40. The van der Waals surface area contributed by atoms with Crippen molar-refractivity contribution in [1.29, 1.82) is 0 Å². The van der Waals surface area contributed by atoms with E-state index in [0.717, 1.165) is 27.2 Å². The van der Waals surface area contributed by atoms with Gasteiger partial charge in [-0.1, -0.05) is 6.92 Å². The molecule has 0 amide bonds. The number of aliphatic hydroxyl groups is 1. The molecule has 7 atom stereocenters. The number of carbonyl (C=O) groups is 7. The third-order valence-corrected chi connectivity index (χ3v) is 9.86. The highest BCUT2D eigenvalue weighted by Gasteiger charge is 2.70. The summed E-state index contributed by atoms with van der Waals surface area (Å²) in [5.41, 5.74) is -6.21. The molecule has 15 heteroatoms. The fourth-order valence-corrected chi connectivity index (χ4v) is 7.82. The fourth-order valence-electron chi connectivity index (χ4n) is 7.82. The Kier molecular flexibility index (Phi) is 7.81. The topological polar surface area (TPSA) is 226 Å². The lowest BCUT2D eigenvalue weighted by molar-refractivity contribution is -0.200. The zero-order valence-corrected chi connectivity index (χ0v) is 27.0. The van der Waals surface area contributed by atoms with Gasteiger partial charge in [-0.3, -0.25) is 24.0 Å². The van der Waals surface area contributed by atoms with Gasteiger partial charge in [0.1, 0.15) is 63.6 Å². The molecule has 2 heterocycles. The average Bonchev–Trinajstić information content (AvgIpc) is 3.04. The molecular weight excluding hydrogens is 648 g/mol. The van der Waals surface area contributed by atoms with E-state index in [9.17, 15) is 48.9 Å². The molecule has 0 bridgehead atoms. The zero-order valence-electron chi connectivity index (χ0n) is 27.0. The molecule has 4 aliphatic rings. The van der Waals surface area contributed by atoms with Crippen LogP contribution in [0.1, 0.15) is 59.4 Å². The average molecular weight is 681 g/mol. The van der Waals surface area contributed by atoms with E-state index in [0.29, 0.717) is 0 Å². The molecule has 2 aliphatic heterocycles. The number of methoxy groups -OCH3 is 2. The minimum atomic E-state index is -2.55. The molecule has 3 N–H and O–H groups in total. The second-order valence-corrected chi connectivity index (χ2v) is 12.7. The lowest BCUT2D eigenvalue weighted by Gasteiger charge is -2.49. The number of esters is 3. The van der Waals surface area contributed by atoms with Crippen molar-refractivity contribution in [2.75, 3.05) is 14.2 Å². The number of phenolic OH excluding ortho intramolecular Hbond substituents is 2. The van der Waals surface area contributed by atoms with E-state index in [1.54, 1.807) is 0 Å². The number of aliphatic hydroxyl groups excluding tert-OH is 1. The van der Waals surface area contributed by atoms with Crippen molar-refractivity contribution < 1.29 is 72.6 Å². The minimum Gasteiger partial charge on any atom is -0.507 e. The number of aromatic hydroxyl groups is 2. The largest absolute Gasteiger partial charge is 0.507 e. The van der Waals surface area contributed by atoms with E-state index in [1.165, 1.54) is 26.0 Å². The van der Waals surface area contributed by atoms with Crippen LogP contribution in [-0.2, 0) is 38.2 Å². The molecule has 0 spiro atoms. The van der Waals surface area contributed by atoms with Crippen LogP contribution in [0.15, 0.2) is 18.2 Å². The molecule has 49 heavy (non-hydrogen) atoms. The van der Waals surface area contributed by atoms with Gasteiger partial charge in [-0.05, 0) is 37.1 Å². The van der Waals surface area contributed by atoms with Crippen molar-refractivity contribution in [3.63, 3.8) is 0 Å². The summed E-state index contributed by atoms with van der Waals surface area (Å²) in [6.07, 6.45) is -3.87. The summed E-state index contributed by atoms with van der Waals surface area (Å²) in [5, 5.41) is 33.6. The predicted octanol–water partition coefficient (Wildman–Crippen LogP) is 1.54. The number of hydrogen-bond donors (Lipinski definition) is 3. The second kappa shape index (κ2) is 11.4. The Bertz CT molecular complexity index is 1890. The maximum absolute atomic E-state index is 14.2. The second-order valence-electron chi connectivity index (χ2n) is 12.7. The van der Waals surface area contributed by atoms with Crippen LogP contribution in [0.5, 0.6) is 23.0 Å². The molecule has 0 unspecified atom stereocenters. The number of rotatable bonds is 4. The van der Waals surface area contributed by atoms with Gasteiger partial charge in [-0.25, -0.2) is 9.59 Å². The van der Waals surface area contributed by atoms with Crippen LogP contribution in [0.4, 0.5) is 0 Å². The van der Waals surface area contributed by atoms with Crippen molar-refractivity contribution in [2.45, 2.75) is 63.4 Å². The number of fused-ring (bicyclic) bond motifs is 4. The fraction of sp³-hybridized carbons (Fsp3) is 0.441. The SMILES string of the molecule is COC(=O)[C@@]12Oc3cc(C)c(-c4ccc(O)c5c4O[C@@]4(C(=O)OC)[C@@H](C(=O)C[C@@H](C)[C@@H]4OC(C)=O)C5=O)c(O)c3C(=O)[C@@H]1C(=O)CC[C@H]2O. The molecule has 2 aliphatic carbocycles. The zero-order chi connectivity index (χ0) is 35.9. The molecule has 2 fully saturated rings. The number of benzene rings is 2. The smallest absolute Gasteiger partial charge is 0.355 e. The van der Waals surface area contributed by atoms with Gasteiger partial charge in [0.25, 0.3) is 5.60 Å². The monoisotopic (exact) mass is 680 g/mol. The summed E-state index contributed by atoms with van der Waals surface area (Å²) in [7, 11) is 1.99. The van der Waals surface area contributed by atoms with E-state index in [1.807, 2.05) is 0 Å². The molecule has 2 aromatic carbocycles. The summed E-state index contributed by atoms with van der Waals surface area (Å²) < 4.78 is 27.6. The summed E-state index contributed by atoms with van der Waals surface area (Å²) in [5.74, 6) is -13.7. The number of carbonyl (C=O) groups excluding carboxylic acids is 7. The summed E-state index contributed by atoms with van der Waals surface area (Å²) in [6, 6.07) is 3.56. The van der Waals surface area contributed by atoms with Crippen molar-refractivity contribution in [3.05, 3.63) is 34.9 Å². The molecule has 0 radical (unpaired) electrons. The van der Waals surface area contributed by atoms with Gasteiger partial charge in [-0.15, -0.1) is 0 Å². The van der Waals surface area contributed by atoms with Crippen LogP contribution >= 0.6 is 0 Å². The third-order valence-electron chi connectivity index (χ3n) is 9.86. The highest BCUT2D eigenvalue weighted by atomic mass is 16.6. The molecule has 258 valence electrons. The highest BCUT2D eigenvalue weighted by molar-refractivity contribution is 6.21. The summed E-state index contributed by atoms with van der Waals surface area (Å²) in [6.45, 7) is 4.04. The van der Waals surface area contributed by atoms with Crippen molar-refractivity contribution >= 4 is 41.0 Å². The first-order chi connectivity index (χ1) is 23.1. The Hall–Kier alpha value is -5.31. The first-order valence-corrected chi connectivity index (χ1v) is 15.3. The molecule has 6 rings (SSSR count). The van der Waals surface area contributed by atoms with Gasteiger partial charge >= 0.3 is 17.9 Å². The van der Waals surface area contributed by atoms with Crippen LogP contribution in [0.2, 0.25) is 0 Å². The van der Waals surface area contributed by atoms with E-state index in [-0.39, 0.29) is 41.7 Å². The van der Waals surface area contributed by atoms with Gasteiger partial charge in [0.15, 0.2) is 17.7 Å². The molecule has 15 nitrogen and oxygen atoms in total. The quantitative estimate of drug-likeness (QED) is 0.236. The first kappa shape index (κ1) is 33.6. The maximum Gasteiger partial charge on any atom is 0.355 e. The van der Waals surface area contributed by atoms with Crippen molar-refractivity contribution in [3.8, 4) is 34.1 Å². The molecule has 2 aromatic rings. The molecule has 0 aromatic heterocycles. The minimum absolute atomic E-state index is 0.141. The lowest BCUT2D eigenvalue weighted by atomic mass is 9.64. The van der Waals surface area contributed by atoms with E-state index in [4.69, 9.17) is 23.7 Å². The number of ketones is 4. The van der Waals surface area contributed by atoms with Gasteiger partial charge < -0.3 is 39.0 Å². The van der Waals surface area contributed by atoms with E-state index >= 15 is 0 Å².